The van der Waals surface area contributed by atoms with Crippen molar-refractivity contribution in [1.29, 1.82) is 0 Å². The molecule has 1 heterocycles. The van der Waals surface area contributed by atoms with Gasteiger partial charge >= 0.3 is 0 Å². The number of anilines is 2. The molecule has 1 aliphatic carbocycles. The fraction of sp³-hybridized carbons (Fsp3) is 0.650. The van der Waals surface area contributed by atoms with E-state index < -0.39 is 18.1 Å². The lowest BCUT2D eigenvalue weighted by atomic mass is 9.84. The third kappa shape index (κ3) is 5.19. The number of hydrogen-bond donors (Lipinski definition) is 3. The molecule has 0 bridgehead atoms. The molecule has 1 amide bonds. The van der Waals surface area contributed by atoms with Gasteiger partial charge in [-0.1, -0.05) is 32.1 Å². The number of nitrogens with two attached hydrogens (primary N) is 1. The van der Waals surface area contributed by atoms with Gasteiger partial charge in [0, 0.05) is 30.5 Å². The van der Waals surface area contributed by atoms with E-state index in [0.29, 0.717) is 18.0 Å². The number of ether oxygens (including phenoxy) is 1. The predicted molar refractivity (Wildman–Crippen MR) is 103 cm³/mol. The maximum Gasteiger partial charge on any atom is 0.254 e. The van der Waals surface area contributed by atoms with Crippen molar-refractivity contribution < 1.29 is 14.6 Å². The molecule has 1 saturated carbocycles. The van der Waals surface area contributed by atoms with E-state index in [1.54, 1.807) is 0 Å². The topological polar surface area (TPSA) is 87.8 Å². The van der Waals surface area contributed by atoms with E-state index in [2.05, 4.69) is 10.2 Å². The van der Waals surface area contributed by atoms with Crippen LogP contribution in [0.25, 0.3) is 0 Å². The van der Waals surface area contributed by atoms with Crippen LogP contribution in [0.4, 0.5) is 11.4 Å². The SMILES string of the molecule is N[C@H](CC1CCCCC1)C(O)C(=O)Nc1ccc(N2CCOCC2)cc1. The Hall–Kier alpha value is -1.63. The van der Waals surface area contributed by atoms with Gasteiger partial charge in [0.05, 0.1) is 13.2 Å². The molecule has 4 N–H and O–H groups in total. The summed E-state index contributed by atoms with van der Waals surface area (Å²) in [4.78, 5) is 14.6. The molecule has 6 heteroatoms. The molecule has 2 fully saturated rings. The van der Waals surface area contributed by atoms with Crippen LogP contribution in [0.5, 0.6) is 0 Å². The number of carbonyl (C=O) groups excluding carboxylic acids is 1. The average molecular weight is 361 g/mol. The van der Waals surface area contributed by atoms with Crippen LogP contribution in [0.15, 0.2) is 24.3 Å². The maximum absolute atomic E-state index is 12.3. The number of rotatable bonds is 6. The largest absolute Gasteiger partial charge is 0.382 e. The number of benzene rings is 1. The molecule has 0 aromatic heterocycles. The summed E-state index contributed by atoms with van der Waals surface area (Å²) in [5.74, 6) is 0.112. The number of hydrogen-bond acceptors (Lipinski definition) is 5. The highest BCUT2D eigenvalue weighted by molar-refractivity contribution is 5.94. The van der Waals surface area contributed by atoms with E-state index in [1.807, 2.05) is 24.3 Å². The molecule has 26 heavy (non-hydrogen) atoms. The normalized spacial score (nSPS) is 21.2. The summed E-state index contributed by atoms with van der Waals surface area (Å²) in [6.45, 7) is 3.23. The minimum absolute atomic E-state index is 0.424. The number of morpholine rings is 1. The Morgan fingerprint density at radius 2 is 1.85 bits per heavy atom. The molecular formula is C20H31N3O3. The van der Waals surface area contributed by atoms with E-state index in [-0.39, 0.29) is 0 Å². The highest BCUT2D eigenvalue weighted by Gasteiger charge is 2.26. The Balaban J connectivity index is 1.49. The fourth-order valence-electron chi connectivity index (χ4n) is 3.92. The smallest absolute Gasteiger partial charge is 0.254 e. The molecule has 0 spiro atoms. The first-order valence-electron chi connectivity index (χ1n) is 9.81. The number of amides is 1. The van der Waals surface area contributed by atoms with E-state index in [9.17, 15) is 9.90 Å². The Bertz CT molecular complexity index is 566. The van der Waals surface area contributed by atoms with Crippen molar-refractivity contribution in [2.45, 2.75) is 50.7 Å². The highest BCUT2D eigenvalue weighted by atomic mass is 16.5. The van der Waals surface area contributed by atoms with Crippen LogP contribution in [-0.2, 0) is 9.53 Å². The lowest BCUT2D eigenvalue weighted by Crippen LogP contribution is -2.44. The van der Waals surface area contributed by atoms with Gasteiger partial charge < -0.3 is 25.8 Å². The maximum atomic E-state index is 12.3. The third-order valence-electron chi connectivity index (χ3n) is 5.52. The number of aliphatic hydroxyl groups excluding tert-OH is 1. The molecule has 1 aliphatic heterocycles. The van der Waals surface area contributed by atoms with Crippen LogP contribution in [0.2, 0.25) is 0 Å². The molecular weight excluding hydrogens is 330 g/mol. The molecule has 2 atom stereocenters. The minimum Gasteiger partial charge on any atom is -0.382 e. The van der Waals surface area contributed by atoms with E-state index >= 15 is 0 Å². The summed E-state index contributed by atoms with van der Waals surface area (Å²) in [5.41, 5.74) is 7.88. The summed E-state index contributed by atoms with van der Waals surface area (Å²) in [6.07, 6.45) is 5.61. The molecule has 1 unspecified atom stereocenters. The first kappa shape index (κ1) is 19.1. The lowest BCUT2D eigenvalue weighted by molar-refractivity contribution is -0.125. The first-order chi connectivity index (χ1) is 12.6. The van der Waals surface area contributed by atoms with Crippen molar-refractivity contribution >= 4 is 17.3 Å². The zero-order valence-electron chi connectivity index (χ0n) is 15.4. The van der Waals surface area contributed by atoms with E-state index in [1.165, 1.54) is 19.3 Å². The van der Waals surface area contributed by atoms with E-state index in [0.717, 1.165) is 44.8 Å². The number of carbonyl (C=O) groups is 1. The van der Waals surface area contributed by atoms with Crippen molar-refractivity contribution in [1.82, 2.24) is 0 Å². The zero-order valence-corrected chi connectivity index (χ0v) is 15.4. The number of nitrogens with zero attached hydrogens (tertiary/aromatic N) is 1. The van der Waals surface area contributed by atoms with Crippen molar-refractivity contribution in [3.63, 3.8) is 0 Å². The summed E-state index contributed by atoms with van der Waals surface area (Å²) in [7, 11) is 0. The molecule has 1 aromatic carbocycles. The minimum atomic E-state index is -1.17. The van der Waals surface area contributed by atoms with Gasteiger partial charge in [-0.3, -0.25) is 4.79 Å². The van der Waals surface area contributed by atoms with Crippen LogP contribution in [0.3, 0.4) is 0 Å². The number of aliphatic hydroxyl groups is 1. The second-order valence-corrected chi connectivity index (χ2v) is 7.48. The van der Waals surface area contributed by atoms with Gasteiger partial charge in [-0.2, -0.15) is 0 Å². The standard InChI is InChI=1S/C20H31N3O3/c21-18(14-15-4-2-1-3-5-15)19(24)20(25)22-16-6-8-17(9-7-16)23-10-12-26-13-11-23/h6-9,15,18-19,24H,1-5,10-14,21H2,(H,22,25)/t18-,19?/m1/s1. The van der Waals surface area contributed by atoms with Gasteiger partial charge in [-0.15, -0.1) is 0 Å². The van der Waals surface area contributed by atoms with Crippen LogP contribution < -0.4 is 16.0 Å². The fourth-order valence-corrected chi connectivity index (χ4v) is 3.92. The quantitative estimate of drug-likeness (QED) is 0.722. The van der Waals surface area contributed by atoms with Crippen LogP contribution >= 0.6 is 0 Å². The summed E-state index contributed by atoms with van der Waals surface area (Å²) in [5, 5.41) is 13.1. The molecule has 1 saturated heterocycles. The first-order valence-corrected chi connectivity index (χ1v) is 9.81. The summed E-state index contributed by atoms with van der Waals surface area (Å²) >= 11 is 0. The Morgan fingerprint density at radius 3 is 2.50 bits per heavy atom. The molecule has 1 aromatic rings. The second-order valence-electron chi connectivity index (χ2n) is 7.48. The third-order valence-corrected chi connectivity index (χ3v) is 5.52. The van der Waals surface area contributed by atoms with Crippen LogP contribution in [0, 0.1) is 5.92 Å². The van der Waals surface area contributed by atoms with Gasteiger partial charge in [-0.25, -0.2) is 0 Å². The molecule has 3 rings (SSSR count). The van der Waals surface area contributed by atoms with E-state index in [4.69, 9.17) is 10.5 Å². The zero-order chi connectivity index (χ0) is 18.4. The second kappa shape index (κ2) is 9.35. The molecule has 0 radical (unpaired) electrons. The van der Waals surface area contributed by atoms with Gasteiger partial charge in [0.1, 0.15) is 6.10 Å². The number of nitrogens with one attached hydrogen (secondary N) is 1. The van der Waals surface area contributed by atoms with Gasteiger partial charge in [0.25, 0.3) is 5.91 Å². The van der Waals surface area contributed by atoms with Crippen molar-refractivity contribution in [3.05, 3.63) is 24.3 Å². The van der Waals surface area contributed by atoms with Crippen molar-refractivity contribution in [2.75, 3.05) is 36.5 Å². The Morgan fingerprint density at radius 1 is 1.19 bits per heavy atom. The molecule has 2 aliphatic rings. The highest BCUT2D eigenvalue weighted by Crippen LogP contribution is 2.27. The molecule has 6 nitrogen and oxygen atoms in total. The Kier molecular flexibility index (Phi) is 6.88. The van der Waals surface area contributed by atoms with Crippen LogP contribution in [0.1, 0.15) is 38.5 Å². The predicted octanol–water partition coefficient (Wildman–Crippen LogP) is 2.12. The molecule has 144 valence electrons. The summed E-state index contributed by atoms with van der Waals surface area (Å²) in [6, 6.07) is 7.18. The van der Waals surface area contributed by atoms with Crippen LogP contribution in [-0.4, -0.2) is 49.5 Å². The van der Waals surface area contributed by atoms with Gasteiger partial charge in [0.2, 0.25) is 0 Å². The monoisotopic (exact) mass is 361 g/mol. The van der Waals surface area contributed by atoms with Crippen molar-refractivity contribution in [3.8, 4) is 0 Å². The van der Waals surface area contributed by atoms with Gasteiger partial charge in [-0.05, 0) is 36.6 Å². The average Bonchev–Trinajstić information content (AvgIpc) is 2.69. The summed E-state index contributed by atoms with van der Waals surface area (Å²) < 4.78 is 5.36. The lowest BCUT2D eigenvalue weighted by Gasteiger charge is -2.29. The van der Waals surface area contributed by atoms with Gasteiger partial charge in [0.15, 0.2) is 0 Å². The Labute approximate surface area is 155 Å². The van der Waals surface area contributed by atoms with Crippen molar-refractivity contribution in [2.24, 2.45) is 11.7 Å².